The molecule has 0 aromatic heterocycles. The van der Waals surface area contributed by atoms with Crippen molar-refractivity contribution in [3.05, 3.63) is 101 Å². The fourth-order valence-electron chi connectivity index (χ4n) is 9.67. The number of ether oxygens (including phenoxy) is 1. The van der Waals surface area contributed by atoms with Crippen LogP contribution in [0.3, 0.4) is 0 Å². The molecule has 0 unspecified atom stereocenters. The average Bonchev–Trinajstić information content (AvgIpc) is 3.24. The van der Waals surface area contributed by atoms with Gasteiger partial charge in [-0.3, -0.25) is 0 Å². The number of hydrogen-bond donors (Lipinski definition) is 0. The summed E-state index contributed by atoms with van der Waals surface area (Å²) in [6, 6.07) is 21.9. The lowest BCUT2D eigenvalue weighted by molar-refractivity contribution is 0.162. The first-order valence-electron chi connectivity index (χ1n) is 24.1. The van der Waals surface area contributed by atoms with Crippen LogP contribution in [-0.4, -0.2) is 6.61 Å². The van der Waals surface area contributed by atoms with Crippen molar-refractivity contribution in [3.63, 3.8) is 0 Å². The van der Waals surface area contributed by atoms with Gasteiger partial charge in [0, 0.05) is 0 Å². The van der Waals surface area contributed by atoms with Gasteiger partial charge in [0.05, 0.1) is 6.61 Å². The molecule has 57 heavy (non-hydrogen) atoms. The van der Waals surface area contributed by atoms with Crippen molar-refractivity contribution in [1.29, 1.82) is 0 Å². The molecule has 1 nitrogen and oxygen atoms in total. The SMILES string of the molecule is C=C(C)C(=C)CCCCc1cc(-c2ccc(-c3ccc(C4CCC(CCCCC)CC4)cc3)cc2CC)cc(CCCCC)c1OCCC(CC)(CC)CCCC. The lowest BCUT2D eigenvalue weighted by Gasteiger charge is -2.32. The summed E-state index contributed by atoms with van der Waals surface area (Å²) < 4.78 is 7.03. The maximum atomic E-state index is 7.03. The molecule has 0 spiro atoms. The van der Waals surface area contributed by atoms with Crippen LogP contribution in [0, 0.1) is 11.3 Å². The minimum Gasteiger partial charge on any atom is -0.493 e. The minimum atomic E-state index is 0.382. The highest BCUT2D eigenvalue weighted by Crippen LogP contribution is 2.41. The van der Waals surface area contributed by atoms with Crippen molar-refractivity contribution in [3.8, 4) is 28.0 Å². The Kier molecular flexibility index (Phi) is 20.3. The molecule has 0 N–H and O–H groups in total. The number of aryl methyl sites for hydroxylation is 3. The van der Waals surface area contributed by atoms with Crippen molar-refractivity contribution in [2.24, 2.45) is 11.3 Å². The Bertz CT molecular complexity index is 1630. The largest absolute Gasteiger partial charge is 0.493 e. The van der Waals surface area contributed by atoms with E-state index in [9.17, 15) is 0 Å². The van der Waals surface area contributed by atoms with Crippen LogP contribution in [0.15, 0.2) is 78.9 Å². The number of unbranched alkanes of at least 4 members (excludes halogenated alkanes) is 6. The summed E-state index contributed by atoms with van der Waals surface area (Å²) in [5, 5.41) is 0. The first kappa shape index (κ1) is 46.6. The van der Waals surface area contributed by atoms with Crippen molar-refractivity contribution < 1.29 is 4.74 Å². The van der Waals surface area contributed by atoms with Crippen LogP contribution in [0.4, 0.5) is 0 Å². The summed E-state index contributed by atoms with van der Waals surface area (Å²) in [6.45, 7) is 25.4. The van der Waals surface area contributed by atoms with Crippen LogP contribution in [0.5, 0.6) is 5.75 Å². The summed E-state index contributed by atoms with van der Waals surface area (Å²) >= 11 is 0. The fourth-order valence-corrected chi connectivity index (χ4v) is 9.67. The Labute approximate surface area is 352 Å². The molecule has 4 rings (SSSR count). The predicted octanol–water partition coefficient (Wildman–Crippen LogP) is 17.8. The van der Waals surface area contributed by atoms with E-state index in [-0.39, 0.29) is 0 Å². The standard InChI is InChI=1S/C56H84O/c1-10-16-19-24-45-27-29-47(30-28-45)48-31-33-49(34-32-48)50-35-36-54(46(13-4)40-50)53-41-51(25-20-17-11-2)55(52(42-53)26-22-21-23-44(9)43(7)8)57-39-38-56(14-5,15-6)37-18-12-3/h31-36,40-42,45,47H,7,9-30,37-39H2,1-6,8H3. The normalized spacial score (nSPS) is 15.8. The maximum absolute atomic E-state index is 7.03. The van der Waals surface area contributed by atoms with E-state index in [2.05, 4.69) is 116 Å². The van der Waals surface area contributed by atoms with Gasteiger partial charge in [0.1, 0.15) is 5.75 Å². The third-order valence-electron chi connectivity index (χ3n) is 14.1. The molecular formula is C56H84O. The number of hydrogen-bond acceptors (Lipinski definition) is 1. The molecule has 1 aliphatic carbocycles. The van der Waals surface area contributed by atoms with Gasteiger partial charge in [-0.25, -0.2) is 0 Å². The van der Waals surface area contributed by atoms with E-state index in [0.717, 1.165) is 69.0 Å². The van der Waals surface area contributed by atoms with Crippen molar-refractivity contribution in [1.82, 2.24) is 0 Å². The van der Waals surface area contributed by atoms with Crippen molar-refractivity contribution in [2.45, 2.75) is 202 Å². The molecule has 1 heteroatoms. The van der Waals surface area contributed by atoms with Gasteiger partial charge in [0.25, 0.3) is 0 Å². The van der Waals surface area contributed by atoms with E-state index in [1.165, 1.54) is 153 Å². The van der Waals surface area contributed by atoms with Crippen LogP contribution in [0.2, 0.25) is 0 Å². The second kappa shape index (κ2) is 24.8. The van der Waals surface area contributed by atoms with Gasteiger partial charge in [-0.1, -0.05) is 173 Å². The summed E-state index contributed by atoms with van der Waals surface area (Å²) in [5.41, 5.74) is 13.9. The minimum absolute atomic E-state index is 0.382. The molecule has 0 amide bonds. The highest BCUT2D eigenvalue weighted by molar-refractivity contribution is 5.75. The van der Waals surface area contributed by atoms with E-state index in [1.54, 1.807) is 5.56 Å². The van der Waals surface area contributed by atoms with Crippen LogP contribution in [0.25, 0.3) is 22.3 Å². The second-order valence-electron chi connectivity index (χ2n) is 18.1. The van der Waals surface area contributed by atoms with Gasteiger partial charge in [0.2, 0.25) is 0 Å². The van der Waals surface area contributed by atoms with Crippen molar-refractivity contribution in [2.75, 3.05) is 6.61 Å². The van der Waals surface area contributed by atoms with Gasteiger partial charge in [-0.05, 0) is 164 Å². The third kappa shape index (κ3) is 14.0. The fraction of sp³-hybridized carbons (Fsp3) is 0.607. The van der Waals surface area contributed by atoms with Gasteiger partial charge in [-0.15, -0.1) is 0 Å². The Morgan fingerprint density at radius 1 is 0.632 bits per heavy atom. The van der Waals surface area contributed by atoms with E-state index >= 15 is 0 Å². The van der Waals surface area contributed by atoms with E-state index in [1.807, 2.05) is 0 Å². The summed E-state index contributed by atoms with van der Waals surface area (Å²) in [7, 11) is 0. The number of benzene rings is 3. The Morgan fingerprint density at radius 2 is 1.23 bits per heavy atom. The molecule has 0 heterocycles. The molecular weight excluding hydrogens is 689 g/mol. The Balaban J connectivity index is 1.61. The number of allylic oxidation sites excluding steroid dienone is 2. The lowest BCUT2D eigenvalue weighted by Crippen LogP contribution is -2.22. The summed E-state index contributed by atoms with van der Waals surface area (Å²) in [6.07, 6.45) is 28.7. The Morgan fingerprint density at radius 3 is 1.82 bits per heavy atom. The summed E-state index contributed by atoms with van der Waals surface area (Å²) in [4.78, 5) is 0. The molecule has 3 aromatic rings. The van der Waals surface area contributed by atoms with Gasteiger partial charge in [-0.2, -0.15) is 0 Å². The van der Waals surface area contributed by atoms with Crippen LogP contribution < -0.4 is 4.74 Å². The zero-order valence-electron chi connectivity index (χ0n) is 38.1. The average molecular weight is 773 g/mol. The summed E-state index contributed by atoms with van der Waals surface area (Å²) in [5.74, 6) is 2.87. The van der Waals surface area contributed by atoms with Crippen LogP contribution in [-0.2, 0) is 19.3 Å². The first-order valence-corrected chi connectivity index (χ1v) is 24.1. The van der Waals surface area contributed by atoms with Gasteiger partial charge >= 0.3 is 0 Å². The maximum Gasteiger partial charge on any atom is 0.125 e. The van der Waals surface area contributed by atoms with E-state index in [4.69, 9.17) is 4.74 Å². The third-order valence-corrected chi connectivity index (χ3v) is 14.1. The van der Waals surface area contributed by atoms with Crippen molar-refractivity contribution >= 4 is 0 Å². The predicted molar refractivity (Wildman–Crippen MR) is 253 cm³/mol. The monoisotopic (exact) mass is 773 g/mol. The Hall–Kier alpha value is -3.06. The van der Waals surface area contributed by atoms with Crippen LogP contribution in [0.1, 0.15) is 205 Å². The van der Waals surface area contributed by atoms with Gasteiger partial charge < -0.3 is 4.74 Å². The zero-order valence-corrected chi connectivity index (χ0v) is 38.1. The van der Waals surface area contributed by atoms with Crippen LogP contribution >= 0.6 is 0 Å². The first-order chi connectivity index (χ1) is 27.7. The zero-order chi connectivity index (χ0) is 41.0. The quantitative estimate of drug-likeness (QED) is 0.0554. The van der Waals surface area contributed by atoms with Gasteiger partial charge in [0.15, 0.2) is 0 Å². The van der Waals surface area contributed by atoms with E-state index < -0.39 is 0 Å². The highest BCUT2D eigenvalue weighted by Gasteiger charge is 2.26. The molecule has 3 aromatic carbocycles. The molecule has 1 aliphatic rings. The topological polar surface area (TPSA) is 9.23 Å². The molecule has 0 atom stereocenters. The molecule has 0 saturated heterocycles. The second-order valence-corrected chi connectivity index (χ2v) is 18.1. The molecule has 1 fully saturated rings. The molecule has 0 radical (unpaired) electrons. The number of rotatable bonds is 27. The lowest BCUT2D eigenvalue weighted by atomic mass is 9.75. The molecule has 1 saturated carbocycles. The van der Waals surface area contributed by atoms with E-state index in [0.29, 0.717) is 5.41 Å². The molecule has 314 valence electrons. The molecule has 0 aliphatic heterocycles. The smallest absolute Gasteiger partial charge is 0.125 e. The highest BCUT2D eigenvalue weighted by atomic mass is 16.5. The molecule has 0 bridgehead atoms.